The first-order valence-electron chi connectivity index (χ1n) is 5.89. The minimum atomic E-state index is -0.0174. The maximum atomic E-state index is 5.70. The van der Waals surface area contributed by atoms with Crippen molar-refractivity contribution in [3.63, 3.8) is 0 Å². The molecule has 2 aliphatic rings. The summed E-state index contributed by atoms with van der Waals surface area (Å²) in [4.78, 5) is 5.70. The van der Waals surface area contributed by atoms with Crippen LogP contribution < -0.4 is 11.5 Å². The van der Waals surface area contributed by atoms with Crippen molar-refractivity contribution in [3.05, 3.63) is 35.9 Å². The molecule has 2 heterocycles. The lowest BCUT2D eigenvalue weighted by Gasteiger charge is -2.30. The van der Waals surface area contributed by atoms with Crippen LogP contribution in [0.25, 0.3) is 0 Å². The zero-order valence-corrected chi connectivity index (χ0v) is 9.98. The Morgan fingerprint density at radius 3 is 2.53 bits per heavy atom. The monoisotopic (exact) mass is 233 g/mol. The zero-order chi connectivity index (χ0) is 10.8. The Balaban J connectivity index is 0.00000108. The molecular weight excluding hydrogens is 214 g/mol. The fourth-order valence-corrected chi connectivity index (χ4v) is 2.46. The Morgan fingerprint density at radius 1 is 1.12 bits per heavy atom. The average Bonchev–Trinajstić information content (AvgIpc) is 2.75. The standard InChI is InChI=1S/C13H16N2O.H3N/c1-2-4-11(5-3-1)12-10-13(16-15-12)6-8-14-9-7-13;/h1-5,14H,6-10H2;1H3. The molecule has 4 N–H and O–H groups in total. The predicted molar refractivity (Wildman–Crippen MR) is 68.5 cm³/mol. The first-order chi connectivity index (χ1) is 7.88. The zero-order valence-electron chi connectivity index (χ0n) is 9.98. The topological polar surface area (TPSA) is 68.6 Å². The highest BCUT2D eigenvalue weighted by molar-refractivity contribution is 6.01. The number of hydrogen-bond donors (Lipinski definition) is 2. The first kappa shape index (κ1) is 12.1. The molecule has 0 atom stereocenters. The number of nitrogens with one attached hydrogen (secondary N) is 1. The van der Waals surface area contributed by atoms with Crippen LogP contribution in [-0.2, 0) is 4.84 Å². The van der Waals surface area contributed by atoms with Crippen molar-refractivity contribution in [3.8, 4) is 0 Å². The highest BCUT2D eigenvalue weighted by Crippen LogP contribution is 2.34. The van der Waals surface area contributed by atoms with Gasteiger partial charge in [-0.3, -0.25) is 0 Å². The summed E-state index contributed by atoms with van der Waals surface area (Å²) >= 11 is 0. The van der Waals surface area contributed by atoms with E-state index in [0.717, 1.165) is 38.1 Å². The molecule has 4 heteroatoms. The SMILES string of the molecule is N.c1ccc(C2=NOC3(CCNCC3)C2)cc1. The lowest BCUT2D eigenvalue weighted by molar-refractivity contribution is -0.0400. The van der Waals surface area contributed by atoms with Gasteiger partial charge in [-0.15, -0.1) is 0 Å². The molecule has 0 aromatic heterocycles. The third-order valence-electron chi connectivity index (χ3n) is 3.46. The van der Waals surface area contributed by atoms with Gasteiger partial charge in [-0.2, -0.15) is 0 Å². The first-order valence-corrected chi connectivity index (χ1v) is 5.89. The minimum absolute atomic E-state index is 0. The molecule has 17 heavy (non-hydrogen) atoms. The van der Waals surface area contributed by atoms with E-state index >= 15 is 0 Å². The molecule has 92 valence electrons. The highest BCUT2D eigenvalue weighted by Gasteiger charge is 2.40. The summed E-state index contributed by atoms with van der Waals surface area (Å²) in [6.45, 7) is 2.08. The van der Waals surface area contributed by atoms with Crippen molar-refractivity contribution in [2.45, 2.75) is 24.9 Å². The van der Waals surface area contributed by atoms with Gasteiger partial charge in [0.1, 0.15) is 5.60 Å². The molecule has 0 saturated carbocycles. The molecule has 1 fully saturated rings. The Morgan fingerprint density at radius 2 is 1.82 bits per heavy atom. The van der Waals surface area contributed by atoms with E-state index in [2.05, 4.69) is 22.6 Å². The smallest absolute Gasteiger partial charge is 0.145 e. The summed E-state index contributed by atoms with van der Waals surface area (Å²) in [5.74, 6) is 0. The third kappa shape index (κ3) is 2.33. The van der Waals surface area contributed by atoms with Crippen molar-refractivity contribution in [1.82, 2.24) is 11.5 Å². The van der Waals surface area contributed by atoms with Crippen LogP contribution in [0.3, 0.4) is 0 Å². The van der Waals surface area contributed by atoms with Crippen LogP contribution in [0.1, 0.15) is 24.8 Å². The molecule has 1 saturated heterocycles. The van der Waals surface area contributed by atoms with Crippen LogP contribution >= 0.6 is 0 Å². The average molecular weight is 233 g/mol. The van der Waals surface area contributed by atoms with Gasteiger partial charge >= 0.3 is 0 Å². The largest absolute Gasteiger partial charge is 0.388 e. The van der Waals surface area contributed by atoms with Gasteiger partial charge in [0, 0.05) is 19.3 Å². The summed E-state index contributed by atoms with van der Waals surface area (Å²) < 4.78 is 0. The molecule has 0 unspecified atom stereocenters. The highest BCUT2D eigenvalue weighted by atomic mass is 16.7. The second-order valence-corrected chi connectivity index (χ2v) is 4.61. The minimum Gasteiger partial charge on any atom is -0.388 e. The molecule has 3 rings (SSSR count). The second-order valence-electron chi connectivity index (χ2n) is 4.61. The van der Waals surface area contributed by atoms with E-state index < -0.39 is 0 Å². The molecule has 2 aliphatic heterocycles. The maximum Gasteiger partial charge on any atom is 0.145 e. The van der Waals surface area contributed by atoms with Crippen LogP contribution in [0.5, 0.6) is 0 Å². The van der Waals surface area contributed by atoms with Crippen LogP contribution in [0, 0.1) is 0 Å². The van der Waals surface area contributed by atoms with Crippen molar-refractivity contribution < 1.29 is 4.84 Å². The van der Waals surface area contributed by atoms with Gasteiger partial charge in [-0.1, -0.05) is 35.5 Å². The second kappa shape index (κ2) is 4.85. The summed E-state index contributed by atoms with van der Waals surface area (Å²) in [7, 11) is 0. The number of oxime groups is 1. The molecule has 4 nitrogen and oxygen atoms in total. The molecular formula is C13H19N3O. The molecule has 0 radical (unpaired) electrons. The van der Waals surface area contributed by atoms with Gasteiger partial charge in [-0.25, -0.2) is 0 Å². The van der Waals surface area contributed by atoms with Crippen LogP contribution in [0.2, 0.25) is 0 Å². The molecule has 1 spiro atoms. The van der Waals surface area contributed by atoms with Gasteiger partial charge in [0.05, 0.1) is 5.71 Å². The van der Waals surface area contributed by atoms with Gasteiger partial charge in [0.2, 0.25) is 0 Å². The summed E-state index contributed by atoms with van der Waals surface area (Å²) in [6, 6.07) is 10.3. The van der Waals surface area contributed by atoms with Gasteiger partial charge in [0.25, 0.3) is 0 Å². The number of rotatable bonds is 1. The van der Waals surface area contributed by atoms with Crippen LogP contribution in [-0.4, -0.2) is 24.4 Å². The molecule has 1 aromatic carbocycles. The third-order valence-corrected chi connectivity index (χ3v) is 3.46. The van der Waals surface area contributed by atoms with Gasteiger partial charge in [-0.05, 0) is 18.7 Å². The predicted octanol–water partition coefficient (Wildman–Crippen LogP) is 2.10. The van der Waals surface area contributed by atoms with E-state index in [9.17, 15) is 0 Å². The van der Waals surface area contributed by atoms with E-state index in [-0.39, 0.29) is 11.8 Å². The van der Waals surface area contributed by atoms with E-state index in [1.165, 1.54) is 5.56 Å². The van der Waals surface area contributed by atoms with Crippen molar-refractivity contribution in [1.29, 1.82) is 0 Å². The van der Waals surface area contributed by atoms with Crippen molar-refractivity contribution in [2.24, 2.45) is 5.16 Å². The van der Waals surface area contributed by atoms with Gasteiger partial charge < -0.3 is 16.3 Å². The summed E-state index contributed by atoms with van der Waals surface area (Å²) in [5.41, 5.74) is 2.27. The summed E-state index contributed by atoms with van der Waals surface area (Å²) in [6.07, 6.45) is 3.08. The van der Waals surface area contributed by atoms with E-state index in [1.54, 1.807) is 0 Å². The number of piperidine rings is 1. The number of hydrogen-bond acceptors (Lipinski definition) is 4. The van der Waals surface area contributed by atoms with Crippen molar-refractivity contribution in [2.75, 3.05) is 13.1 Å². The van der Waals surface area contributed by atoms with E-state index in [4.69, 9.17) is 4.84 Å². The Bertz CT molecular complexity index is 396. The Kier molecular flexibility index (Phi) is 3.45. The fraction of sp³-hybridized carbons (Fsp3) is 0.462. The van der Waals surface area contributed by atoms with E-state index in [0.29, 0.717) is 0 Å². The maximum absolute atomic E-state index is 5.70. The molecule has 0 amide bonds. The fourth-order valence-electron chi connectivity index (χ4n) is 2.46. The van der Waals surface area contributed by atoms with E-state index in [1.807, 2.05) is 18.2 Å². The lowest BCUT2D eigenvalue weighted by Crippen LogP contribution is -2.42. The molecule has 0 aliphatic carbocycles. The Labute approximate surface area is 102 Å². The van der Waals surface area contributed by atoms with Gasteiger partial charge in [0.15, 0.2) is 0 Å². The molecule has 1 aromatic rings. The Hall–Kier alpha value is -1.39. The van der Waals surface area contributed by atoms with Crippen molar-refractivity contribution >= 4 is 5.71 Å². The summed E-state index contributed by atoms with van der Waals surface area (Å²) in [5, 5.41) is 7.63. The van der Waals surface area contributed by atoms with Crippen LogP contribution in [0.15, 0.2) is 35.5 Å². The van der Waals surface area contributed by atoms with Crippen LogP contribution in [0.4, 0.5) is 0 Å². The number of benzene rings is 1. The molecule has 0 bridgehead atoms. The quantitative estimate of drug-likeness (QED) is 0.780. The lowest BCUT2D eigenvalue weighted by atomic mass is 9.86. The number of nitrogens with zero attached hydrogens (tertiary/aromatic N) is 1. The normalized spacial score (nSPS) is 21.5.